The van der Waals surface area contributed by atoms with E-state index in [0.717, 1.165) is 12.8 Å². The van der Waals surface area contributed by atoms with Crippen molar-refractivity contribution in [1.29, 1.82) is 0 Å². The molecule has 0 aliphatic carbocycles. The Balaban J connectivity index is 3.83. The molecule has 16 heavy (non-hydrogen) atoms. The van der Waals surface area contributed by atoms with Crippen LogP contribution in [0.4, 0.5) is 0 Å². The number of aliphatic carboxylic acids is 1. The first kappa shape index (κ1) is 15.3. The maximum Gasteiger partial charge on any atom is 0.316 e. The van der Waals surface area contributed by atoms with Crippen LogP contribution in [-0.2, 0) is 9.59 Å². The molecule has 0 rings (SSSR count). The lowest BCUT2D eigenvalue weighted by atomic mass is 10.2. The molecule has 0 aliphatic rings. The van der Waals surface area contributed by atoms with E-state index in [9.17, 15) is 9.59 Å². The smallest absolute Gasteiger partial charge is 0.316 e. The van der Waals surface area contributed by atoms with Gasteiger partial charge >= 0.3 is 5.97 Å². The predicted octanol–water partition coefficient (Wildman–Crippen LogP) is 1.89. The van der Waals surface area contributed by atoms with Crippen LogP contribution in [0.2, 0.25) is 0 Å². The lowest BCUT2D eigenvalue weighted by Gasteiger charge is -2.14. The summed E-state index contributed by atoms with van der Waals surface area (Å²) in [6.45, 7) is 5.83. The van der Waals surface area contributed by atoms with Crippen LogP contribution in [0.1, 0.15) is 40.0 Å². The van der Waals surface area contributed by atoms with Gasteiger partial charge < -0.3 is 10.4 Å². The number of nitrogens with one attached hydrogen (secondary N) is 1. The molecule has 2 unspecified atom stereocenters. The number of carboxylic acid groups (broad SMARTS) is 1. The summed E-state index contributed by atoms with van der Waals surface area (Å²) in [5, 5.41) is 11.2. The summed E-state index contributed by atoms with van der Waals surface area (Å²) < 4.78 is 0. The molecule has 2 atom stereocenters. The van der Waals surface area contributed by atoms with E-state index in [1.807, 2.05) is 13.8 Å². The molecule has 0 heterocycles. The van der Waals surface area contributed by atoms with Crippen molar-refractivity contribution < 1.29 is 14.7 Å². The van der Waals surface area contributed by atoms with E-state index in [-0.39, 0.29) is 17.7 Å². The molecule has 0 spiro atoms. The van der Waals surface area contributed by atoms with Gasteiger partial charge in [0.1, 0.15) is 5.25 Å². The van der Waals surface area contributed by atoms with Gasteiger partial charge in [-0.25, -0.2) is 0 Å². The lowest BCUT2D eigenvalue weighted by Crippen LogP contribution is -2.34. The largest absolute Gasteiger partial charge is 0.480 e. The molecule has 0 saturated carbocycles. The van der Waals surface area contributed by atoms with Crippen molar-refractivity contribution >= 4 is 23.6 Å². The second-order valence-electron chi connectivity index (χ2n) is 3.80. The summed E-state index contributed by atoms with van der Waals surface area (Å²) in [4.78, 5) is 22.2. The predicted molar refractivity (Wildman–Crippen MR) is 66.7 cm³/mol. The Kier molecular flexibility index (Phi) is 8.07. The number of amides is 1. The Morgan fingerprint density at radius 3 is 2.44 bits per heavy atom. The van der Waals surface area contributed by atoms with Crippen LogP contribution < -0.4 is 5.32 Å². The third kappa shape index (κ3) is 6.71. The number of carbonyl (C=O) groups excluding carboxylic acids is 1. The minimum atomic E-state index is -0.845. The van der Waals surface area contributed by atoms with Gasteiger partial charge in [-0.2, -0.15) is 0 Å². The summed E-state index contributed by atoms with van der Waals surface area (Å²) in [6, 6.07) is 0.169. The van der Waals surface area contributed by atoms with Gasteiger partial charge in [-0.15, -0.1) is 11.8 Å². The van der Waals surface area contributed by atoms with Crippen molar-refractivity contribution in [2.45, 2.75) is 51.3 Å². The highest BCUT2D eigenvalue weighted by Gasteiger charge is 2.17. The average Bonchev–Trinajstić information content (AvgIpc) is 2.18. The molecule has 0 bridgehead atoms. The van der Waals surface area contributed by atoms with Gasteiger partial charge in [0.2, 0.25) is 5.91 Å². The normalized spacial score (nSPS) is 14.2. The number of carbonyl (C=O) groups is 2. The molecule has 5 heteroatoms. The molecular weight excluding hydrogens is 226 g/mol. The van der Waals surface area contributed by atoms with Crippen LogP contribution in [0.3, 0.4) is 0 Å². The topological polar surface area (TPSA) is 66.4 Å². The molecule has 0 radical (unpaired) electrons. The first-order valence-corrected chi connectivity index (χ1v) is 6.69. The Labute approximate surface area is 101 Å². The highest BCUT2D eigenvalue weighted by atomic mass is 32.2. The average molecular weight is 247 g/mol. The summed E-state index contributed by atoms with van der Waals surface area (Å²) in [6.07, 6.45) is 2.52. The van der Waals surface area contributed by atoms with Crippen molar-refractivity contribution in [3.8, 4) is 0 Å². The third-order valence-corrected chi connectivity index (χ3v) is 3.56. The third-order valence-electron chi connectivity index (χ3n) is 2.19. The van der Waals surface area contributed by atoms with Gasteiger partial charge in [-0.3, -0.25) is 9.59 Å². The van der Waals surface area contributed by atoms with E-state index in [4.69, 9.17) is 5.11 Å². The molecule has 0 aromatic rings. The second-order valence-corrected chi connectivity index (χ2v) is 4.99. The highest BCUT2D eigenvalue weighted by molar-refractivity contribution is 8.01. The van der Waals surface area contributed by atoms with Crippen molar-refractivity contribution in [2.75, 3.05) is 5.75 Å². The summed E-state index contributed by atoms with van der Waals surface area (Å²) in [5.41, 5.74) is 0. The molecule has 0 aromatic carbocycles. The van der Waals surface area contributed by atoms with Gasteiger partial charge in [-0.1, -0.05) is 20.3 Å². The second kappa shape index (κ2) is 8.44. The standard InChI is InChI=1S/C11H21NO3S/c1-4-6-8(3)12-10(13)7-16-9(5-2)11(14)15/h8-9H,4-7H2,1-3H3,(H,12,13)(H,14,15). The zero-order chi connectivity index (χ0) is 12.6. The Morgan fingerprint density at radius 2 is 2.00 bits per heavy atom. The maximum atomic E-state index is 11.4. The monoisotopic (exact) mass is 247 g/mol. The zero-order valence-corrected chi connectivity index (χ0v) is 11.0. The van der Waals surface area contributed by atoms with Gasteiger partial charge in [0.05, 0.1) is 5.75 Å². The SMILES string of the molecule is CCCC(C)NC(=O)CSC(CC)C(=O)O. The van der Waals surface area contributed by atoms with Crippen LogP contribution in [-0.4, -0.2) is 34.0 Å². The first-order valence-electron chi connectivity index (χ1n) is 5.65. The fourth-order valence-electron chi connectivity index (χ4n) is 1.36. The number of rotatable bonds is 8. The molecule has 0 saturated heterocycles. The fraction of sp³-hybridized carbons (Fsp3) is 0.818. The zero-order valence-electron chi connectivity index (χ0n) is 10.2. The molecule has 0 fully saturated rings. The van der Waals surface area contributed by atoms with E-state index in [2.05, 4.69) is 12.2 Å². The van der Waals surface area contributed by atoms with E-state index in [1.165, 1.54) is 11.8 Å². The van der Waals surface area contributed by atoms with E-state index < -0.39 is 11.2 Å². The van der Waals surface area contributed by atoms with Gasteiger partial charge in [0.15, 0.2) is 0 Å². The number of thioether (sulfide) groups is 1. The molecule has 4 nitrogen and oxygen atoms in total. The minimum absolute atomic E-state index is 0.0781. The van der Waals surface area contributed by atoms with Crippen LogP contribution >= 0.6 is 11.8 Å². The highest BCUT2D eigenvalue weighted by Crippen LogP contribution is 2.14. The van der Waals surface area contributed by atoms with E-state index in [1.54, 1.807) is 0 Å². The van der Waals surface area contributed by atoms with Crippen LogP contribution in [0, 0.1) is 0 Å². The molecule has 0 aromatic heterocycles. The van der Waals surface area contributed by atoms with E-state index >= 15 is 0 Å². The van der Waals surface area contributed by atoms with Gasteiger partial charge in [0, 0.05) is 6.04 Å². The Hall–Kier alpha value is -0.710. The van der Waals surface area contributed by atoms with Crippen LogP contribution in [0.5, 0.6) is 0 Å². The molecule has 2 N–H and O–H groups in total. The molecule has 0 aliphatic heterocycles. The summed E-state index contributed by atoms with van der Waals surface area (Å²) >= 11 is 1.19. The fourth-order valence-corrected chi connectivity index (χ4v) is 2.18. The lowest BCUT2D eigenvalue weighted by molar-refractivity contribution is -0.136. The number of carboxylic acids is 1. The number of hydrogen-bond donors (Lipinski definition) is 2. The summed E-state index contributed by atoms with van der Waals surface area (Å²) in [7, 11) is 0. The van der Waals surface area contributed by atoms with Crippen molar-refractivity contribution in [3.05, 3.63) is 0 Å². The summed E-state index contributed by atoms with van der Waals surface area (Å²) in [5.74, 6) is -0.702. The minimum Gasteiger partial charge on any atom is -0.480 e. The number of hydrogen-bond acceptors (Lipinski definition) is 3. The molecule has 94 valence electrons. The van der Waals surface area contributed by atoms with Crippen molar-refractivity contribution in [3.63, 3.8) is 0 Å². The Morgan fingerprint density at radius 1 is 1.38 bits per heavy atom. The van der Waals surface area contributed by atoms with Crippen molar-refractivity contribution in [2.24, 2.45) is 0 Å². The molecule has 1 amide bonds. The Bertz CT molecular complexity index is 233. The van der Waals surface area contributed by atoms with E-state index in [0.29, 0.717) is 6.42 Å². The quantitative estimate of drug-likeness (QED) is 0.687. The molecular formula is C11H21NO3S. The van der Waals surface area contributed by atoms with Crippen LogP contribution in [0.15, 0.2) is 0 Å². The van der Waals surface area contributed by atoms with Crippen LogP contribution in [0.25, 0.3) is 0 Å². The first-order chi connectivity index (χ1) is 7.51. The maximum absolute atomic E-state index is 11.4. The van der Waals surface area contributed by atoms with Gasteiger partial charge in [0.25, 0.3) is 0 Å². The van der Waals surface area contributed by atoms with Crippen molar-refractivity contribution in [1.82, 2.24) is 5.32 Å². The van der Waals surface area contributed by atoms with Gasteiger partial charge in [-0.05, 0) is 19.8 Å².